The van der Waals surface area contributed by atoms with Crippen molar-refractivity contribution in [1.29, 1.82) is 0 Å². The lowest BCUT2D eigenvalue weighted by atomic mass is 9.60. The van der Waals surface area contributed by atoms with Crippen molar-refractivity contribution >= 4 is 17.3 Å². The van der Waals surface area contributed by atoms with Gasteiger partial charge in [-0.3, -0.25) is 9.79 Å². The summed E-state index contributed by atoms with van der Waals surface area (Å²) in [5.74, 6) is 0.462. The largest absolute Gasteiger partial charge is 0.354 e. The highest BCUT2D eigenvalue weighted by molar-refractivity contribution is 6.21. The second-order valence-corrected chi connectivity index (χ2v) is 7.57. The van der Waals surface area contributed by atoms with E-state index in [0.717, 1.165) is 34.8 Å². The third kappa shape index (κ3) is 1.29. The first-order valence-corrected chi connectivity index (χ1v) is 8.85. The van der Waals surface area contributed by atoms with Gasteiger partial charge in [-0.15, -0.1) is 0 Å². The minimum Gasteiger partial charge on any atom is -0.354 e. The Morgan fingerprint density at radius 3 is 2.96 bits per heavy atom. The Kier molecular flexibility index (Phi) is 2.20. The van der Waals surface area contributed by atoms with Crippen LogP contribution in [0.1, 0.15) is 13.3 Å². The van der Waals surface area contributed by atoms with Crippen LogP contribution < -0.4 is 5.32 Å². The number of nitrogens with zero attached hydrogens (tertiary/aromatic N) is 2. The van der Waals surface area contributed by atoms with Crippen LogP contribution in [0.15, 0.2) is 81.1 Å². The second kappa shape index (κ2) is 4.07. The molecule has 0 saturated carbocycles. The van der Waals surface area contributed by atoms with Crippen molar-refractivity contribution in [1.82, 2.24) is 5.32 Å². The molecule has 2 spiro atoms. The molecule has 122 valence electrons. The smallest absolute Gasteiger partial charge is 0.237 e. The molecule has 1 fully saturated rings. The molecule has 4 heteroatoms. The Bertz CT molecular complexity index is 1010. The van der Waals surface area contributed by atoms with Crippen LogP contribution in [0.5, 0.6) is 0 Å². The molecule has 0 aromatic carbocycles. The van der Waals surface area contributed by atoms with E-state index in [1.54, 1.807) is 0 Å². The zero-order valence-corrected chi connectivity index (χ0v) is 13.9. The SMILES string of the molecule is CC1CC=CC2=C3C=CC45CNC(=O)C46C=CC=CC6=NC5=C3N=C21. The maximum Gasteiger partial charge on any atom is 0.237 e. The van der Waals surface area contributed by atoms with E-state index in [1.807, 2.05) is 24.3 Å². The molecule has 3 heterocycles. The third-order valence-electron chi connectivity index (χ3n) is 6.41. The van der Waals surface area contributed by atoms with Crippen LogP contribution in [0.2, 0.25) is 0 Å². The van der Waals surface area contributed by atoms with Crippen LogP contribution in [0.25, 0.3) is 0 Å². The number of amides is 1. The van der Waals surface area contributed by atoms with Crippen LogP contribution in [-0.2, 0) is 4.79 Å². The van der Waals surface area contributed by atoms with E-state index in [-0.39, 0.29) is 5.91 Å². The molecule has 4 nitrogen and oxygen atoms in total. The zero-order valence-electron chi connectivity index (χ0n) is 13.9. The van der Waals surface area contributed by atoms with Crippen LogP contribution in [0.4, 0.5) is 0 Å². The molecular weight excluding hydrogens is 310 g/mol. The highest BCUT2D eigenvalue weighted by Crippen LogP contribution is 2.61. The predicted octanol–water partition coefficient (Wildman–Crippen LogP) is 2.80. The lowest BCUT2D eigenvalue weighted by Gasteiger charge is -2.36. The van der Waals surface area contributed by atoms with Crippen LogP contribution >= 0.6 is 0 Å². The number of carbonyl (C=O) groups excluding carboxylic acids is 1. The van der Waals surface area contributed by atoms with Gasteiger partial charge in [0.05, 0.1) is 28.2 Å². The van der Waals surface area contributed by atoms with E-state index in [9.17, 15) is 4.79 Å². The second-order valence-electron chi connectivity index (χ2n) is 7.57. The minimum absolute atomic E-state index is 0.0412. The highest BCUT2D eigenvalue weighted by Gasteiger charge is 2.67. The summed E-state index contributed by atoms with van der Waals surface area (Å²) in [6.07, 6.45) is 17.7. The van der Waals surface area contributed by atoms with Gasteiger partial charge in [0.25, 0.3) is 0 Å². The van der Waals surface area contributed by atoms with Crippen molar-refractivity contribution in [2.24, 2.45) is 26.7 Å². The van der Waals surface area contributed by atoms with Gasteiger partial charge < -0.3 is 5.32 Å². The summed E-state index contributed by atoms with van der Waals surface area (Å²) in [6, 6.07) is 0. The van der Waals surface area contributed by atoms with Crippen molar-refractivity contribution in [2.45, 2.75) is 13.3 Å². The van der Waals surface area contributed by atoms with Gasteiger partial charge in [0.2, 0.25) is 5.91 Å². The first-order valence-electron chi connectivity index (χ1n) is 8.85. The van der Waals surface area contributed by atoms with Crippen LogP contribution in [0.3, 0.4) is 0 Å². The molecule has 0 aromatic rings. The number of fused-ring (bicyclic) bond motifs is 2. The number of carbonyl (C=O) groups is 1. The molecule has 1 saturated heterocycles. The van der Waals surface area contributed by atoms with Gasteiger partial charge in [-0.2, -0.15) is 0 Å². The van der Waals surface area contributed by atoms with Crippen LogP contribution in [0, 0.1) is 16.7 Å². The van der Waals surface area contributed by atoms with Gasteiger partial charge in [-0.05, 0) is 12.5 Å². The van der Waals surface area contributed by atoms with E-state index in [4.69, 9.17) is 9.98 Å². The average Bonchev–Trinajstić information content (AvgIpc) is 3.22. The van der Waals surface area contributed by atoms with E-state index < -0.39 is 10.8 Å². The first-order chi connectivity index (χ1) is 12.2. The maximum absolute atomic E-state index is 12.9. The van der Waals surface area contributed by atoms with Gasteiger partial charge in [0.15, 0.2) is 0 Å². The molecular formula is C21H17N3O. The number of allylic oxidation sites excluding steroid dienone is 7. The molecule has 3 atom stereocenters. The molecule has 0 bridgehead atoms. The average molecular weight is 327 g/mol. The zero-order chi connectivity index (χ0) is 16.8. The Morgan fingerprint density at radius 2 is 2.04 bits per heavy atom. The van der Waals surface area contributed by atoms with Gasteiger partial charge in [0.1, 0.15) is 5.41 Å². The van der Waals surface area contributed by atoms with E-state index in [2.05, 4.69) is 36.5 Å². The molecule has 6 rings (SSSR count). The fourth-order valence-electron chi connectivity index (χ4n) is 5.12. The standard InChI is InChI=1S/C21H17N3O/c1-12-5-4-6-13-14-8-10-20-11-22-19(25)21(20)9-3-2-7-15(21)23-18(20)17(14)24-16(12)13/h2-4,6-10,12H,5,11H2,1H3,(H,22,25). The topological polar surface area (TPSA) is 53.8 Å². The summed E-state index contributed by atoms with van der Waals surface area (Å²) in [5, 5.41) is 3.08. The number of rotatable bonds is 0. The summed E-state index contributed by atoms with van der Waals surface area (Å²) in [4.78, 5) is 22.8. The third-order valence-corrected chi connectivity index (χ3v) is 6.41. The highest BCUT2D eigenvalue weighted by atomic mass is 16.2. The van der Waals surface area contributed by atoms with Crippen molar-refractivity contribution in [3.05, 3.63) is 71.1 Å². The van der Waals surface area contributed by atoms with Crippen molar-refractivity contribution in [3.8, 4) is 0 Å². The molecule has 0 aromatic heterocycles. The minimum atomic E-state index is -0.716. The Hall–Kier alpha value is -2.75. The maximum atomic E-state index is 12.9. The molecule has 1 amide bonds. The van der Waals surface area contributed by atoms with Gasteiger partial charge in [-0.25, -0.2) is 4.99 Å². The number of hydrogen-bond acceptors (Lipinski definition) is 3. The Balaban J connectivity index is 1.68. The van der Waals surface area contributed by atoms with Crippen molar-refractivity contribution < 1.29 is 4.79 Å². The fourth-order valence-corrected chi connectivity index (χ4v) is 5.12. The predicted molar refractivity (Wildman–Crippen MR) is 97.1 cm³/mol. The summed E-state index contributed by atoms with van der Waals surface area (Å²) in [7, 11) is 0. The van der Waals surface area contributed by atoms with Gasteiger partial charge in [0, 0.05) is 23.6 Å². The van der Waals surface area contributed by atoms with Gasteiger partial charge >= 0.3 is 0 Å². The molecule has 6 aliphatic rings. The number of hydrogen-bond donors (Lipinski definition) is 1. The molecule has 25 heavy (non-hydrogen) atoms. The number of nitrogens with one attached hydrogen (secondary N) is 1. The van der Waals surface area contributed by atoms with E-state index in [1.165, 1.54) is 5.57 Å². The summed E-state index contributed by atoms with van der Waals surface area (Å²) < 4.78 is 0. The monoisotopic (exact) mass is 327 g/mol. The fraction of sp³-hybridized carbons (Fsp3) is 0.286. The van der Waals surface area contributed by atoms with E-state index in [0.29, 0.717) is 12.5 Å². The Labute approximate surface area is 145 Å². The molecule has 3 unspecified atom stereocenters. The quantitative estimate of drug-likeness (QED) is 0.731. The first kappa shape index (κ1) is 13.5. The molecule has 3 aliphatic carbocycles. The summed E-state index contributed by atoms with van der Waals surface area (Å²) in [5.41, 5.74) is 5.12. The summed E-state index contributed by atoms with van der Waals surface area (Å²) >= 11 is 0. The van der Waals surface area contributed by atoms with Crippen molar-refractivity contribution in [3.63, 3.8) is 0 Å². The summed E-state index contributed by atoms with van der Waals surface area (Å²) in [6.45, 7) is 2.80. The molecule has 0 radical (unpaired) electrons. The molecule has 3 aliphatic heterocycles. The van der Waals surface area contributed by atoms with Gasteiger partial charge in [-0.1, -0.05) is 49.5 Å². The molecule has 1 N–H and O–H groups in total. The normalized spacial score (nSPS) is 38.9. The van der Waals surface area contributed by atoms with Crippen molar-refractivity contribution in [2.75, 3.05) is 6.54 Å². The van der Waals surface area contributed by atoms with E-state index >= 15 is 0 Å². The van der Waals surface area contributed by atoms with Crippen LogP contribution in [-0.4, -0.2) is 23.9 Å². The Morgan fingerprint density at radius 1 is 1.12 bits per heavy atom. The lowest BCUT2D eigenvalue weighted by molar-refractivity contribution is -0.123. The lowest BCUT2D eigenvalue weighted by Crippen LogP contribution is -2.44. The number of aliphatic imine (C=N–C) groups is 2.